The summed E-state index contributed by atoms with van der Waals surface area (Å²) in [6.45, 7) is 2.15. The van der Waals surface area contributed by atoms with E-state index in [9.17, 15) is 4.39 Å². The first kappa shape index (κ1) is 14.9. The van der Waals surface area contributed by atoms with E-state index in [1.165, 1.54) is 13.2 Å². The van der Waals surface area contributed by atoms with Crippen molar-refractivity contribution in [2.24, 2.45) is 5.73 Å². The molecule has 4 nitrogen and oxygen atoms in total. The highest BCUT2D eigenvalue weighted by molar-refractivity contribution is 5.31. The second-order valence-corrected chi connectivity index (χ2v) is 4.44. The van der Waals surface area contributed by atoms with Gasteiger partial charge in [-0.2, -0.15) is 0 Å². The maximum absolute atomic E-state index is 13.6. The van der Waals surface area contributed by atoms with Crippen LogP contribution in [0.15, 0.2) is 18.2 Å². The fourth-order valence-corrected chi connectivity index (χ4v) is 1.70. The predicted octanol–water partition coefficient (Wildman–Crippen LogP) is 0.985. The third-order valence-electron chi connectivity index (χ3n) is 2.76. The molecule has 0 radical (unpaired) electrons. The van der Waals surface area contributed by atoms with Crippen LogP contribution in [0.5, 0.6) is 5.75 Å². The van der Waals surface area contributed by atoms with Gasteiger partial charge < -0.3 is 20.7 Å². The van der Waals surface area contributed by atoms with Crippen LogP contribution in [0.25, 0.3) is 0 Å². The standard InChI is InChI=1S/C13H22FN3O/c1-17(2)7-6-16-12(9-15)10-4-5-13(18-3)11(14)8-10/h4-5,8,12,16H,6-7,9,15H2,1-3H3. The van der Waals surface area contributed by atoms with Crippen molar-refractivity contribution in [3.05, 3.63) is 29.6 Å². The molecule has 0 aliphatic heterocycles. The van der Waals surface area contributed by atoms with Crippen LogP contribution < -0.4 is 15.8 Å². The summed E-state index contributed by atoms with van der Waals surface area (Å²) in [6, 6.07) is 4.90. The molecule has 1 atom stereocenters. The van der Waals surface area contributed by atoms with E-state index in [1.54, 1.807) is 6.07 Å². The van der Waals surface area contributed by atoms with E-state index < -0.39 is 0 Å². The lowest BCUT2D eigenvalue weighted by atomic mass is 10.1. The van der Waals surface area contributed by atoms with Crippen LogP contribution in [0.3, 0.4) is 0 Å². The van der Waals surface area contributed by atoms with Gasteiger partial charge in [0, 0.05) is 25.7 Å². The van der Waals surface area contributed by atoms with Crippen LogP contribution in [-0.4, -0.2) is 45.7 Å². The Morgan fingerprint density at radius 3 is 2.67 bits per heavy atom. The molecule has 18 heavy (non-hydrogen) atoms. The molecule has 1 aromatic carbocycles. The van der Waals surface area contributed by atoms with E-state index in [2.05, 4.69) is 10.2 Å². The minimum Gasteiger partial charge on any atom is -0.494 e. The van der Waals surface area contributed by atoms with Gasteiger partial charge in [-0.1, -0.05) is 6.07 Å². The minimum absolute atomic E-state index is 0.0367. The zero-order valence-corrected chi connectivity index (χ0v) is 11.2. The number of nitrogens with zero attached hydrogens (tertiary/aromatic N) is 1. The first-order chi connectivity index (χ1) is 8.58. The maximum atomic E-state index is 13.6. The lowest BCUT2D eigenvalue weighted by molar-refractivity contribution is 0.380. The van der Waals surface area contributed by atoms with E-state index in [1.807, 2.05) is 20.2 Å². The van der Waals surface area contributed by atoms with Crippen molar-refractivity contribution < 1.29 is 9.13 Å². The fraction of sp³-hybridized carbons (Fsp3) is 0.538. The van der Waals surface area contributed by atoms with Crippen LogP contribution in [0.4, 0.5) is 4.39 Å². The van der Waals surface area contributed by atoms with Gasteiger partial charge in [0.25, 0.3) is 0 Å². The monoisotopic (exact) mass is 255 g/mol. The molecule has 3 N–H and O–H groups in total. The average Bonchev–Trinajstić information content (AvgIpc) is 2.34. The molecule has 0 saturated heterocycles. The molecule has 0 aromatic heterocycles. The number of nitrogens with two attached hydrogens (primary N) is 1. The topological polar surface area (TPSA) is 50.5 Å². The number of benzene rings is 1. The van der Waals surface area contributed by atoms with Crippen molar-refractivity contribution in [2.75, 3.05) is 40.8 Å². The van der Waals surface area contributed by atoms with Gasteiger partial charge in [-0.05, 0) is 31.8 Å². The lowest BCUT2D eigenvalue weighted by Gasteiger charge is -2.19. The maximum Gasteiger partial charge on any atom is 0.165 e. The van der Waals surface area contributed by atoms with Gasteiger partial charge in [-0.15, -0.1) is 0 Å². The van der Waals surface area contributed by atoms with E-state index in [0.29, 0.717) is 6.54 Å². The van der Waals surface area contributed by atoms with Crippen molar-refractivity contribution in [1.82, 2.24) is 10.2 Å². The molecule has 1 aromatic rings. The van der Waals surface area contributed by atoms with E-state index in [-0.39, 0.29) is 17.6 Å². The summed E-state index contributed by atoms with van der Waals surface area (Å²) in [5.74, 6) is -0.106. The molecule has 1 rings (SSSR count). The summed E-state index contributed by atoms with van der Waals surface area (Å²) in [5.41, 5.74) is 6.55. The second-order valence-electron chi connectivity index (χ2n) is 4.44. The van der Waals surface area contributed by atoms with Crippen molar-refractivity contribution in [2.45, 2.75) is 6.04 Å². The van der Waals surface area contributed by atoms with Crippen LogP contribution in [0, 0.1) is 5.82 Å². The highest BCUT2D eigenvalue weighted by atomic mass is 19.1. The molecular weight excluding hydrogens is 233 g/mol. The summed E-state index contributed by atoms with van der Waals surface area (Å²) >= 11 is 0. The summed E-state index contributed by atoms with van der Waals surface area (Å²) in [6.07, 6.45) is 0. The van der Waals surface area contributed by atoms with Gasteiger partial charge in [-0.3, -0.25) is 0 Å². The number of hydrogen-bond donors (Lipinski definition) is 2. The molecule has 0 bridgehead atoms. The SMILES string of the molecule is COc1ccc(C(CN)NCCN(C)C)cc1F. The third kappa shape index (κ3) is 4.25. The quantitative estimate of drug-likeness (QED) is 0.763. The number of methoxy groups -OCH3 is 1. The number of hydrogen-bond acceptors (Lipinski definition) is 4. The molecule has 102 valence electrons. The molecule has 0 aliphatic rings. The highest BCUT2D eigenvalue weighted by Gasteiger charge is 2.11. The van der Waals surface area contributed by atoms with Crippen LogP contribution in [0.2, 0.25) is 0 Å². The third-order valence-corrected chi connectivity index (χ3v) is 2.76. The Bertz CT molecular complexity index is 371. The molecular formula is C13H22FN3O. The lowest BCUT2D eigenvalue weighted by Crippen LogP contribution is -2.33. The molecule has 0 fully saturated rings. The molecule has 0 aliphatic carbocycles. The Kier molecular flexibility index (Phi) is 6.04. The minimum atomic E-state index is -0.358. The second kappa shape index (κ2) is 7.31. The molecule has 1 unspecified atom stereocenters. The van der Waals surface area contributed by atoms with Gasteiger partial charge in [0.2, 0.25) is 0 Å². The Labute approximate surface area is 108 Å². The fourth-order valence-electron chi connectivity index (χ4n) is 1.70. The van der Waals surface area contributed by atoms with Crippen LogP contribution in [-0.2, 0) is 0 Å². The largest absolute Gasteiger partial charge is 0.494 e. The molecule has 0 amide bonds. The summed E-state index contributed by atoms with van der Waals surface area (Å²) in [5, 5.41) is 3.31. The van der Waals surface area contributed by atoms with Crippen LogP contribution in [0.1, 0.15) is 11.6 Å². The smallest absolute Gasteiger partial charge is 0.165 e. The number of likely N-dealkylation sites (N-methyl/N-ethyl adjacent to an activating group) is 1. The predicted molar refractivity (Wildman–Crippen MR) is 71.3 cm³/mol. The van der Waals surface area contributed by atoms with E-state index in [4.69, 9.17) is 10.5 Å². The zero-order chi connectivity index (χ0) is 13.5. The van der Waals surface area contributed by atoms with Gasteiger partial charge in [0.15, 0.2) is 11.6 Å². The summed E-state index contributed by atoms with van der Waals surface area (Å²) < 4.78 is 18.5. The van der Waals surface area contributed by atoms with Crippen molar-refractivity contribution >= 4 is 0 Å². The first-order valence-corrected chi connectivity index (χ1v) is 6.00. The highest BCUT2D eigenvalue weighted by Crippen LogP contribution is 2.21. The Balaban J connectivity index is 2.67. The molecule has 0 saturated carbocycles. The summed E-state index contributed by atoms with van der Waals surface area (Å²) in [4.78, 5) is 2.08. The Hall–Kier alpha value is -1.17. The number of nitrogens with one attached hydrogen (secondary N) is 1. The van der Waals surface area contributed by atoms with Gasteiger partial charge in [0.05, 0.1) is 7.11 Å². The van der Waals surface area contributed by atoms with Gasteiger partial charge in [-0.25, -0.2) is 4.39 Å². The van der Waals surface area contributed by atoms with E-state index in [0.717, 1.165) is 18.7 Å². The number of ether oxygens (including phenoxy) is 1. The number of halogens is 1. The number of rotatable bonds is 7. The van der Waals surface area contributed by atoms with Gasteiger partial charge in [0.1, 0.15) is 0 Å². The van der Waals surface area contributed by atoms with E-state index >= 15 is 0 Å². The van der Waals surface area contributed by atoms with Crippen molar-refractivity contribution in [1.29, 1.82) is 0 Å². The zero-order valence-electron chi connectivity index (χ0n) is 11.2. The van der Waals surface area contributed by atoms with Crippen molar-refractivity contribution in [3.63, 3.8) is 0 Å². The van der Waals surface area contributed by atoms with Crippen LogP contribution >= 0.6 is 0 Å². The molecule has 5 heteroatoms. The molecule has 0 heterocycles. The van der Waals surface area contributed by atoms with Crippen molar-refractivity contribution in [3.8, 4) is 5.75 Å². The summed E-state index contributed by atoms with van der Waals surface area (Å²) in [7, 11) is 5.46. The Morgan fingerprint density at radius 2 is 2.17 bits per heavy atom. The normalized spacial score (nSPS) is 12.8. The van der Waals surface area contributed by atoms with Gasteiger partial charge >= 0.3 is 0 Å². The Morgan fingerprint density at radius 1 is 1.44 bits per heavy atom. The average molecular weight is 255 g/mol. The first-order valence-electron chi connectivity index (χ1n) is 6.00. The molecule has 0 spiro atoms.